The number of ether oxygens (including phenoxy) is 1. The van der Waals surface area contributed by atoms with Gasteiger partial charge in [-0.2, -0.15) is 0 Å². The van der Waals surface area contributed by atoms with Crippen molar-refractivity contribution < 1.29 is 14.6 Å². The third kappa shape index (κ3) is 2.21. The number of phenols is 1. The molecule has 1 N–H and O–H groups in total. The lowest BCUT2D eigenvalue weighted by atomic mass is 10.1. The summed E-state index contributed by atoms with van der Waals surface area (Å²) in [5.74, 6) is -0.173. The minimum Gasteiger partial charge on any atom is -0.507 e. The average Bonchev–Trinajstić information content (AvgIpc) is 2.48. The summed E-state index contributed by atoms with van der Waals surface area (Å²) in [5, 5.41) is 11.5. The maximum atomic E-state index is 12.1. The molecule has 0 saturated carbocycles. The van der Waals surface area contributed by atoms with E-state index in [4.69, 9.17) is 4.74 Å². The Kier molecular flexibility index (Phi) is 3.09. The summed E-state index contributed by atoms with van der Waals surface area (Å²) >= 11 is 0. The lowest BCUT2D eigenvalue weighted by Crippen LogP contribution is -2.08. The fraction of sp³-hybridized carbons (Fsp3) is 0. The van der Waals surface area contributed by atoms with Crippen molar-refractivity contribution in [3.63, 3.8) is 0 Å². The average molecular weight is 264 g/mol. The Bertz CT molecular complexity index is 773. The zero-order valence-corrected chi connectivity index (χ0v) is 10.6. The van der Waals surface area contributed by atoms with Gasteiger partial charge < -0.3 is 9.84 Å². The molecule has 0 fully saturated rings. The van der Waals surface area contributed by atoms with E-state index >= 15 is 0 Å². The van der Waals surface area contributed by atoms with Crippen LogP contribution in [0.3, 0.4) is 0 Å². The Morgan fingerprint density at radius 2 is 1.55 bits per heavy atom. The summed E-state index contributed by atoms with van der Waals surface area (Å²) in [6.07, 6.45) is 0. The van der Waals surface area contributed by atoms with Gasteiger partial charge in [0.25, 0.3) is 0 Å². The minimum atomic E-state index is -0.570. The highest BCUT2D eigenvalue weighted by atomic mass is 16.5. The molecule has 20 heavy (non-hydrogen) atoms. The molecule has 0 unspecified atom stereocenters. The molecule has 0 aliphatic heterocycles. The number of benzene rings is 3. The molecule has 0 saturated heterocycles. The third-order valence-corrected chi connectivity index (χ3v) is 3.08. The zero-order valence-electron chi connectivity index (χ0n) is 10.6. The first-order valence-corrected chi connectivity index (χ1v) is 6.23. The summed E-state index contributed by atoms with van der Waals surface area (Å²) in [5.41, 5.74) is 0.153. The summed E-state index contributed by atoms with van der Waals surface area (Å²) < 4.78 is 5.40. The standard InChI is InChI=1S/C17H12O3/c18-15-10-4-3-9-14(15)17(19)20-16-11-5-7-12-6-1-2-8-13(12)16/h1-11,18H. The minimum absolute atomic E-state index is 0.0854. The Hall–Kier alpha value is -2.81. The van der Waals surface area contributed by atoms with Gasteiger partial charge >= 0.3 is 5.97 Å². The van der Waals surface area contributed by atoms with Crippen LogP contribution < -0.4 is 4.74 Å². The second kappa shape index (κ2) is 5.05. The topological polar surface area (TPSA) is 46.5 Å². The molecule has 0 aliphatic carbocycles. The van der Waals surface area contributed by atoms with E-state index in [9.17, 15) is 9.90 Å². The summed E-state index contributed by atoms with van der Waals surface area (Å²) in [4.78, 5) is 12.1. The van der Waals surface area contributed by atoms with E-state index in [1.165, 1.54) is 12.1 Å². The molecule has 0 atom stereocenters. The van der Waals surface area contributed by atoms with E-state index in [1.807, 2.05) is 36.4 Å². The van der Waals surface area contributed by atoms with Gasteiger partial charge in [-0.3, -0.25) is 0 Å². The Balaban J connectivity index is 1.98. The van der Waals surface area contributed by atoms with Gasteiger partial charge in [-0.1, -0.05) is 48.5 Å². The maximum Gasteiger partial charge on any atom is 0.347 e. The SMILES string of the molecule is O=C(Oc1cccc2ccccc12)c1ccccc1O. The van der Waals surface area contributed by atoms with Gasteiger partial charge in [0.1, 0.15) is 17.1 Å². The van der Waals surface area contributed by atoms with Crippen LogP contribution in [0.2, 0.25) is 0 Å². The number of carbonyl (C=O) groups excluding carboxylic acids is 1. The summed E-state index contributed by atoms with van der Waals surface area (Å²) in [6.45, 7) is 0. The van der Waals surface area contributed by atoms with Crippen LogP contribution in [-0.4, -0.2) is 11.1 Å². The van der Waals surface area contributed by atoms with E-state index in [-0.39, 0.29) is 11.3 Å². The second-order valence-corrected chi connectivity index (χ2v) is 4.38. The molecule has 3 nitrogen and oxygen atoms in total. The molecule has 0 heterocycles. The molecular formula is C17H12O3. The van der Waals surface area contributed by atoms with Crippen LogP contribution in [0.15, 0.2) is 66.7 Å². The Labute approximate surface area is 116 Å². The molecule has 98 valence electrons. The van der Waals surface area contributed by atoms with Crippen LogP contribution >= 0.6 is 0 Å². The largest absolute Gasteiger partial charge is 0.507 e. The van der Waals surface area contributed by atoms with Gasteiger partial charge in [-0.05, 0) is 23.6 Å². The van der Waals surface area contributed by atoms with Crippen LogP contribution in [0.4, 0.5) is 0 Å². The van der Waals surface area contributed by atoms with Gasteiger partial charge in [0.2, 0.25) is 0 Å². The smallest absolute Gasteiger partial charge is 0.347 e. The normalized spacial score (nSPS) is 10.4. The van der Waals surface area contributed by atoms with Crippen molar-refractivity contribution >= 4 is 16.7 Å². The van der Waals surface area contributed by atoms with Crippen molar-refractivity contribution in [2.75, 3.05) is 0 Å². The molecule has 0 bridgehead atoms. The number of aromatic hydroxyl groups is 1. The molecule has 0 aromatic heterocycles. The molecule has 0 amide bonds. The van der Waals surface area contributed by atoms with E-state index in [2.05, 4.69) is 0 Å². The number of hydrogen-bond acceptors (Lipinski definition) is 3. The molecule has 3 aromatic carbocycles. The third-order valence-electron chi connectivity index (χ3n) is 3.08. The van der Waals surface area contributed by atoms with Gasteiger partial charge in [-0.25, -0.2) is 4.79 Å². The van der Waals surface area contributed by atoms with E-state index in [0.29, 0.717) is 5.75 Å². The fourth-order valence-electron chi connectivity index (χ4n) is 2.09. The maximum absolute atomic E-state index is 12.1. The van der Waals surface area contributed by atoms with E-state index < -0.39 is 5.97 Å². The molecule has 0 spiro atoms. The van der Waals surface area contributed by atoms with E-state index in [0.717, 1.165) is 10.8 Å². The quantitative estimate of drug-likeness (QED) is 0.566. The van der Waals surface area contributed by atoms with Gasteiger partial charge in [-0.15, -0.1) is 0 Å². The lowest BCUT2D eigenvalue weighted by molar-refractivity contribution is 0.0734. The van der Waals surface area contributed by atoms with Crippen LogP contribution in [0.1, 0.15) is 10.4 Å². The molecule has 3 aromatic rings. The molecule has 3 rings (SSSR count). The van der Waals surface area contributed by atoms with Crippen LogP contribution in [-0.2, 0) is 0 Å². The molecule has 3 heteroatoms. The van der Waals surface area contributed by atoms with Gasteiger partial charge in [0.05, 0.1) is 0 Å². The highest BCUT2D eigenvalue weighted by Gasteiger charge is 2.14. The van der Waals surface area contributed by atoms with Crippen molar-refractivity contribution in [1.82, 2.24) is 0 Å². The monoisotopic (exact) mass is 264 g/mol. The predicted molar refractivity (Wildman–Crippen MR) is 77.0 cm³/mol. The first-order valence-electron chi connectivity index (χ1n) is 6.23. The second-order valence-electron chi connectivity index (χ2n) is 4.38. The van der Waals surface area contributed by atoms with Crippen molar-refractivity contribution in [3.8, 4) is 11.5 Å². The van der Waals surface area contributed by atoms with Crippen molar-refractivity contribution in [2.45, 2.75) is 0 Å². The number of phenolic OH excluding ortho intramolecular Hbond substituents is 1. The van der Waals surface area contributed by atoms with Crippen molar-refractivity contribution in [1.29, 1.82) is 0 Å². The Morgan fingerprint density at radius 3 is 2.40 bits per heavy atom. The van der Waals surface area contributed by atoms with Gasteiger partial charge in [0, 0.05) is 5.39 Å². The first-order chi connectivity index (χ1) is 9.75. The predicted octanol–water partition coefficient (Wildman–Crippen LogP) is 3.76. The number of hydrogen-bond donors (Lipinski definition) is 1. The molecule has 0 radical (unpaired) electrons. The summed E-state index contributed by atoms with van der Waals surface area (Å²) in [6, 6.07) is 19.5. The number of fused-ring (bicyclic) bond motifs is 1. The van der Waals surface area contributed by atoms with Crippen molar-refractivity contribution in [2.24, 2.45) is 0 Å². The lowest BCUT2D eigenvalue weighted by Gasteiger charge is -2.08. The number of carbonyl (C=O) groups is 1. The first kappa shape index (κ1) is 12.2. The summed E-state index contributed by atoms with van der Waals surface area (Å²) in [7, 11) is 0. The van der Waals surface area contributed by atoms with Crippen LogP contribution in [0.25, 0.3) is 10.8 Å². The van der Waals surface area contributed by atoms with Crippen LogP contribution in [0.5, 0.6) is 11.5 Å². The Morgan fingerprint density at radius 1 is 0.850 bits per heavy atom. The van der Waals surface area contributed by atoms with Crippen LogP contribution in [0, 0.1) is 0 Å². The highest BCUT2D eigenvalue weighted by Crippen LogP contribution is 2.27. The number of para-hydroxylation sites is 1. The van der Waals surface area contributed by atoms with Crippen molar-refractivity contribution in [3.05, 3.63) is 72.3 Å². The fourth-order valence-corrected chi connectivity index (χ4v) is 2.09. The zero-order chi connectivity index (χ0) is 13.9. The number of esters is 1. The van der Waals surface area contributed by atoms with Gasteiger partial charge in [0.15, 0.2) is 0 Å². The highest BCUT2D eigenvalue weighted by molar-refractivity contribution is 5.97. The van der Waals surface area contributed by atoms with E-state index in [1.54, 1.807) is 18.2 Å². The number of rotatable bonds is 2. The molecular weight excluding hydrogens is 252 g/mol. The molecule has 0 aliphatic rings.